The maximum Gasteiger partial charge on any atom is 0.0814 e. The van der Waals surface area contributed by atoms with E-state index in [0.717, 1.165) is 19.3 Å². The van der Waals surface area contributed by atoms with Crippen molar-refractivity contribution in [2.75, 3.05) is 0 Å². The first-order valence-corrected chi connectivity index (χ1v) is 6.14. The zero-order valence-corrected chi connectivity index (χ0v) is 10.2. The molecule has 3 heteroatoms. The predicted octanol–water partition coefficient (Wildman–Crippen LogP) is 1.43. The lowest BCUT2D eigenvalue weighted by Gasteiger charge is -2.33. The minimum atomic E-state index is -0.537. The summed E-state index contributed by atoms with van der Waals surface area (Å²) < 4.78 is 0. The van der Waals surface area contributed by atoms with Gasteiger partial charge in [-0.05, 0) is 32.6 Å². The van der Waals surface area contributed by atoms with Crippen LogP contribution < -0.4 is 5.32 Å². The van der Waals surface area contributed by atoms with Gasteiger partial charge in [0, 0.05) is 11.6 Å². The Bertz CT molecular complexity index is 188. The molecule has 0 aromatic rings. The predicted molar refractivity (Wildman–Crippen MR) is 61.8 cm³/mol. The summed E-state index contributed by atoms with van der Waals surface area (Å²) in [6.07, 6.45) is 3.68. The van der Waals surface area contributed by atoms with Gasteiger partial charge in [-0.1, -0.05) is 20.3 Å². The molecule has 1 saturated carbocycles. The molecule has 0 aromatic heterocycles. The van der Waals surface area contributed by atoms with Crippen LogP contribution >= 0.6 is 0 Å². The van der Waals surface area contributed by atoms with Crippen molar-refractivity contribution in [1.29, 1.82) is 0 Å². The summed E-state index contributed by atoms with van der Waals surface area (Å²) in [7, 11) is 0. The fraction of sp³-hybridized carbons (Fsp3) is 1.00. The van der Waals surface area contributed by atoms with E-state index >= 15 is 0 Å². The molecule has 3 N–H and O–H groups in total. The van der Waals surface area contributed by atoms with Crippen molar-refractivity contribution in [1.82, 2.24) is 5.32 Å². The molecular formula is C12H25NO2. The van der Waals surface area contributed by atoms with E-state index in [1.807, 2.05) is 0 Å². The Balaban J connectivity index is 2.46. The van der Waals surface area contributed by atoms with Crippen molar-refractivity contribution < 1.29 is 10.2 Å². The van der Waals surface area contributed by atoms with Gasteiger partial charge in [0.15, 0.2) is 0 Å². The van der Waals surface area contributed by atoms with Gasteiger partial charge in [-0.3, -0.25) is 0 Å². The molecule has 0 amide bonds. The molecule has 0 bridgehead atoms. The largest absolute Gasteiger partial charge is 0.390 e. The Morgan fingerprint density at radius 1 is 1.20 bits per heavy atom. The average molecular weight is 215 g/mol. The van der Waals surface area contributed by atoms with Crippen LogP contribution in [0.1, 0.15) is 52.9 Å². The van der Waals surface area contributed by atoms with Crippen LogP contribution in [0.15, 0.2) is 0 Å². The van der Waals surface area contributed by atoms with Gasteiger partial charge >= 0.3 is 0 Å². The molecule has 0 spiro atoms. The number of nitrogens with one attached hydrogen (secondary N) is 1. The van der Waals surface area contributed by atoms with Gasteiger partial charge in [-0.25, -0.2) is 0 Å². The van der Waals surface area contributed by atoms with Crippen LogP contribution in [0.4, 0.5) is 0 Å². The third kappa shape index (κ3) is 3.44. The Morgan fingerprint density at radius 3 is 2.13 bits per heavy atom. The third-order valence-corrected chi connectivity index (χ3v) is 3.63. The molecule has 0 radical (unpaired) electrons. The van der Waals surface area contributed by atoms with Gasteiger partial charge in [0.25, 0.3) is 0 Å². The average Bonchev–Trinajstić information content (AvgIpc) is 2.46. The summed E-state index contributed by atoms with van der Waals surface area (Å²) >= 11 is 0. The van der Waals surface area contributed by atoms with Crippen LogP contribution in [0, 0.1) is 0 Å². The van der Waals surface area contributed by atoms with Gasteiger partial charge in [-0.2, -0.15) is 0 Å². The third-order valence-electron chi connectivity index (χ3n) is 3.63. The summed E-state index contributed by atoms with van der Waals surface area (Å²) in [6.45, 7) is 6.60. The van der Waals surface area contributed by atoms with Gasteiger partial charge in [0.2, 0.25) is 0 Å². The molecule has 0 aromatic carbocycles. The molecule has 0 aliphatic heterocycles. The highest BCUT2D eigenvalue weighted by molar-refractivity contribution is 4.93. The smallest absolute Gasteiger partial charge is 0.0814 e. The van der Waals surface area contributed by atoms with Crippen molar-refractivity contribution in [3.05, 3.63) is 0 Å². The van der Waals surface area contributed by atoms with E-state index in [-0.39, 0.29) is 11.6 Å². The monoisotopic (exact) mass is 215 g/mol. The molecule has 0 heterocycles. The van der Waals surface area contributed by atoms with Crippen molar-refractivity contribution in [2.45, 2.75) is 76.7 Å². The maximum absolute atomic E-state index is 9.48. The van der Waals surface area contributed by atoms with Crippen molar-refractivity contribution in [3.8, 4) is 0 Å². The lowest BCUT2D eigenvalue weighted by molar-refractivity contribution is 0.0438. The Kier molecular flexibility index (Phi) is 4.56. The van der Waals surface area contributed by atoms with Gasteiger partial charge < -0.3 is 15.5 Å². The Morgan fingerprint density at radius 2 is 1.73 bits per heavy atom. The lowest BCUT2D eigenvalue weighted by atomic mass is 9.91. The van der Waals surface area contributed by atoms with Crippen molar-refractivity contribution >= 4 is 0 Å². The molecule has 90 valence electrons. The summed E-state index contributed by atoms with van der Waals surface area (Å²) in [4.78, 5) is 0. The maximum atomic E-state index is 9.48. The molecule has 4 atom stereocenters. The molecule has 1 aliphatic rings. The van der Waals surface area contributed by atoms with Crippen molar-refractivity contribution in [3.63, 3.8) is 0 Å². The standard InChI is InChI=1S/C12H25NO2/c1-4-6-12(3,5-2)13-9-7-10(14)11(15)8-9/h9-11,13-15H,4-8H2,1-3H3/t9?,10-,11+,12?. The summed E-state index contributed by atoms with van der Waals surface area (Å²) in [5.74, 6) is 0. The second-order valence-electron chi connectivity index (χ2n) is 5.11. The van der Waals surface area contributed by atoms with Crippen LogP contribution in [-0.4, -0.2) is 34.0 Å². The second-order valence-corrected chi connectivity index (χ2v) is 5.11. The van der Waals surface area contributed by atoms with E-state index in [4.69, 9.17) is 0 Å². The number of aliphatic hydroxyl groups excluding tert-OH is 2. The van der Waals surface area contributed by atoms with E-state index in [0.29, 0.717) is 12.8 Å². The highest BCUT2D eigenvalue weighted by Gasteiger charge is 2.34. The van der Waals surface area contributed by atoms with Crippen molar-refractivity contribution in [2.24, 2.45) is 0 Å². The van der Waals surface area contributed by atoms with Crippen LogP contribution in [0.25, 0.3) is 0 Å². The molecule has 0 saturated heterocycles. The van der Waals surface area contributed by atoms with Crippen LogP contribution in [-0.2, 0) is 0 Å². The lowest BCUT2D eigenvalue weighted by Crippen LogP contribution is -2.47. The molecule has 15 heavy (non-hydrogen) atoms. The number of hydrogen-bond donors (Lipinski definition) is 3. The molecule has 1 rings (SSSR count). The normalized spacial score (nSPS) is 35.4. The van der Waals surface area contributed by atoms with Crippen LogP contribution in [0.2, 0.25) is 0 Å². The first-order chi connectivity index (χ1) is 7.00. The molecule has 2 unspecified atom stereocenters. The quantitative estimate of drug-likeness (QED) is 0.650. The number of hydrogen-bond acceptors (Lipinski definition) is 3. The molecule has 1 aliphatic carbocycles. The molecule has 3 nitrogen and oxygen atoms in total. The SMILES string of the molecule is CCCC(C)(CC)NC1C[C@@H](O)[C@@H](O)C1. The van der Waals surface area contributed by atoms with E-state index < -0.39 is 12.2 Å². The first-order valence-electron chi connectivity index (χ1n) is 6.14. The van der Waals surface area contributed by atoms with Crippen LogP contribution in [0.3, 0.4) is 0 Å². The van der Waals surface area contributed by atoms with E-state index in [1.165, 1.54) is 0 Å². The minimum Gasteiger partial charge on any atom is -0.390 e. The second kappa shape index (κ2) is 5.28. The highest BCUT2D eigenvalue weighted by atomic mass is 16.3. The highest BCUT2D eigenvalue weighted by Crippen LogP contribution is 2.25. The fourth-order valence-corrected chi connectivity index (χ4v) is 2.51. The zero-order chi connectivity index (χ0) is 11.5. The zero-order valence-electron chi connectivity index (χ0n) is 10.2. The minimum absolute atomic E-state index is 0.156. The van der Waals surface area contributed by atoms with Gasteiger partial charge in [-0.15, -0.1) is 0 Å². The van der Waals surface area contributed by atoms with Gasteiger partial charge in [0.05, 0.1) is 12.2 Å². The molecule has 1 fully saturated rings. The topological polar surface area (TPSA) is 52.5 Å². The summed E-state index contributed by atoms with van der Waals surface area (Å²) in [5.41, 5.74) is 0.156. The van der Waals surface area contributed by atoms with E-state index in [9.17, 15) is 10.2 Å². The number of rotatable bonds is 5. The summed E-state index contributed by atoms with van der Waals surface area (Å²) in [6, 6.07) is 0.270. The van der Waals surface area contributed by atoms with Crippen LogP contribution in [0.5, 0.6) is 0 Å². The summed E-state index contributed by atoms with van der Waals surface area (Å²) in [5, 5.41) is 22.5. The molecular weight excluding hydrogens is 190 g/mol. The first kappa shape index (κ1) is 12.9. The Hall–Kier alpha value is -0.120. The fourth-order valence-electron chi connectivity index (χ4n) is 2.51. The number of aliphatic hydroxyl groups is 2. The van der Waals surface area contributed by atoms with Gasteiger partial charge in [0.1, 0.15) is 0 Å². The Labute approximate surface area is 92.9 Å². The van der Waals surface area contributed by atoms with E-state index in [2.05, 4.69) is 26.1 Å². The van der Waals surface area contributed by atoms with E-state index in [1.54, 1.807) is 0 Å².